The predicted octanol–water partition coefficient (Wildman–Crippen LogP) is 2.12. The van der Waals surface area contributed by atoms with Crippen molar-refractivity contribution >= 4 is 41.1 Å². The molecule has 0 aromatic heterocycles. The minimum atomic E-state index is -1.21. The highest BCUT2D eigenvalue weighted by molar-refractivity contribution is 8.02. The van der Waals surface area contributed by atoms with E-state index in [-0.39, 0.29) is 24.3 Å². The van der Waals surface area contributed by atoms with Crippen LogP contribution in [0, 0.1) is 0 Å². The van der Waals surface area contributed by atoms with Crippen molar-refractivity contribution in [1.82, 2.24) is 5.32 Å². The molecular weight excluding hydrogens is 408 g/mol. The summed E-state index contributed by atoms with van der Waals surface area (Å²) in [6, 6.07) is 13.5. The number of ether oxygens (including phenoxy) is 2. The van der Waals surface area contributed by atoms with Crippen LogP contribution in [-0.4, -0.2) is 42.3 Å². The van der Waals surface area contributed by atoms with Gasteiger partial charge in [0, 0.05) is 23.3 Å². The number of fused-ring (bicyclic) bond motifs is 3. The number of nitrogens with zero attached hydrogens (tertiary/aromatic N) is 1. The molecule has 30 heavy (non-hydrogen) atoms. The van der Waals surface area contributed by atoms with Gasteiger partial charge < -0.3 is 9.47 Å². The fourth-order valence-corrected chi connectivity index (χ4v) is 4.91. The molecule has 9 heteroatoms. The van der Waals surface area contributed by atoms with Crippen molar-refractivity contribution in [3.05, 3.63) is 54.1 Å². The number of nitrogens with one attached hydrogen (secondary N) is 1. The smallest absolute Gasteiger partial charge is 0.344 e. The molecular formula is C21H18N2O6S. The molecule has 0 radical (unpaired) electrons. The lowest BCUT2D eigenvalue weighted by Crippen LogP contribution is -2.48. The van der Waals surface area contributed by atoms with E-state index in [1.165, 1.54) is 35.9 Å². The Morgan fingerprint density at radius 3 is 2.60 bits per heavy atom. The van der Waals surface area contributed by atoms with E-state index in [9.17, 15) is 19.2 Å². The van der Waals surface area contributed by atoms with E-state index in [2.05, 4.69) is 5.32 Å². The lowest BCUT2D eigenvalue weighted by atomic mass is 10.2. The number of anilines is 1. The lowest BCUT2D eigenvalue weighted by Gasteiger charge is -2.28. The fourth-order valence-electron chi connectivity index (χ4n) is 3.49. The maximum atomic E-state index is 12.9. The number of methoxy groups -OCH3 is 1. The molecule has 3 amide bonds. The van der Waals surface area contributed by atoms with Crippen LogP contribution in [0.5, 0.6) is 5.75 Å². The van der Waals surface area contributed by atoms with Crippen LogP contribution in [0.1, 0.15) is 23.2 Å². The summed E-state index contributed by atoms with van der Waals surface area (Å²) in [5.74, 6) is -1.63. The normalized spacial score (nSPS) is 19.1. The van der Waals surface area contributed by atoms with E-state index in [4.69, 9.17) is 9.47 Å². The van der Waals surface area contributed by atoms with Crippen LogP contribution >= 0.6 is 11.8 Å². The second kappa shape index (κ2) is 7.83. The number of thioether (sulfide) groups is 1. The van der Waals surface area contributed by atoms with Gasteiger partial charge in [-0.2, -0.15) is 0 Å². The van der Waals surface area contributed by atoms with E-state index >= 15 is 0 Å². The molecule has 4 rings (SSSR count). The Hall–Kier alpha value is -3.33. The highest BCUT2D eigenvalue weighted by Gasteiger charge is 2.58. The number of hydrogen-bond donors (Lipinski definition) is 1. The lowest BCUT2D eigenvalue weighted by molar-refractivity contribution is -0.150. The molecule has 1 unspecified atom stereocenters. The molecule has 2 aliphatic heterocycles. The van der Waals surface area contributed by atoms with E-state index in [0.717, 1.165) is 4.90 Å². The van der Waals surface area contributed by atoms with Gasteiger partial charge >= 0.3 is 5.97 Å². The number of esters is 1. The zero-order valence-corrected chi connectivity index (χ0v) is 16.9. The van der Waals surface area contributed by atoms with Gasteiger partial charge in [-0.05, 0) is 36.4 Å². The summed E-state index contributed by atoms with van der Waals surface area (Å²) in [5, 5.41) is 2.18. The topological polar surface area (TPSA) is 102 Å². The third-order valence-electron chi connectivity index (χ3n) is 4.93. The SMILES string of the molecule is COc1ccc(C(=O)NC(=O)COC(=O)C23CCC(=O)N2c2ccccc2S3)cc1. The zero-order valence-electron chi connectivity index (χ0n) is 16.0. The number of carbonyl (C=O) groups is 4. The van der Waals surface area contributed by atoms with Gasteiger partial charge in [0.25, 0.3) is 11.8 Å². The van der Waals surface area contributed by atoms with Crippen molar-refractivity contribution in [3.63, 3.8) is 0 Å². The van der Waals surface area contributed by atoms with E-state index < -0.39 is 29.3 Å². The van der Waals surface area contributed by atoms with Gasteiger partial charge in [-0.3, -0.25) is 24.6 Å². The quantitative estimate of drug-likeness (QED) is 0.731. The summed E-state index contributed by atoms with van der Waals surface area (Å²) in [5.41, 5.74) is 0.935. The second-order valence-corrected chi connectivity index (χ2v) is 8.08. The molecule has 2 aliphatic rings. The monoisotopic (exact) mass is 426 g/mol. The summed E-state index contributed by atoms with van der Waals surface area (Å²) in [7, 11) is 1.51. The molecule has 2 aromatic rings. The molecule has 1 atom stereocenters. The molecule has 0 saturated carbocycles. The molecule has 0 aliphatic carbocycles. The fraction of sp³-hybridized carbons (Fsp3) is 0.238. The molecule has 2 aromatic carbocycles. The summed E-state index contributed by atoms with van der Waals surface area (Å²) in [4.78, 5) is 50.6. The molecule has 8 nitrogen and oxygen atoms in total. The number of amides is 3. The first-order valence-electron chi connectivity index (χ1n) is 9.21. The number of imide groups is 1. The van der Waals surface area contributed by atoms with Crippen LogP contribution in [0.3, 0.4) is 0 Å². The summed E-state index contributed by atoms with van der Waals surface area (Å²) < 4.78 is 10.2. The van der Waals surface area contributed by atoms with Crippen LogP contribution in [-0.2, 0) is 19.1 Å². The summed E-state index contributed by atoms with van der Waals surface area (Å²) in [6.07, 6.45) is 0.509. The van der Waals surface area contributed by atoms with Gasteiger partial charge in [0.1, 0.15) is 5.75 Å². The standard InChI is InChI=1S/C21H18N2O6S/c1-28-14-8-6-13(7-9-14)19(26)22-17(24)12-29-20(27)21-11-10-18(25)23(21)15-4-2-3-5-16(15)30-21/h2-9H,10-12H2,1H3,(H,22,24,26). The average molecular weight is 426 g/mol. The average Bonchev–Trinajstić information content (AvgIpc) is 3.27. The van der Waals surface area contributed by atoms with Crippen molar-refractivity contribution in [2.75, 3.05) is 18.6 Å². The van der Waals surface area contributed by atoms with Crippen molar-refractivity contribution in [2.45, 2.75) is 22.6 Å². The van der Waals surface area contributed by atoms with Crippen LogP contribution in [0.4, 0.5) is 5.69 Å². The molecule has 1 N–H and O–H groups in total. The first-order chi connectivity index (χ1) is 14.4. The second-order valence-electron chi connectivity index (χ2n) is 6.77. The Kier molecular flexibility index (Phi) is 5.21. The third kappa shape index (κ3) is 3.41. The largest absolute Gasteiger partial charge is 0.497 e. The maximum absolute atomic E-state index is 12.9. The van der Waals surface area contributed by atoms with E-state index in [0.29, 0.717) is 11.4 Å². The molecule has 0 spiro atoms. The van der Waals surface area contributed by atoms with Gasteiger partial charge in [-0.25, -0.2) is 4.79 Å². The minimum Gasteiger partial charge on any atom is -0.497 e. The Bertz CT molecular complexity index is 1040. The predicted molar refractivity (Wildman–Crippen MR) is 108 cm³/mol. The maximum Gasteiger partial charge on any atom is 0.344 e. The molecule has 2 heterocycles. The number of rotatable bonds is 5. The third-order valence-corrected chi connectivity index (χ3v) is 6.39. The minimum absolute atomic E-state index is 0.163. The van der Waals surface area contributed by atoms with Crippen LogP contribution in [0.15, 0.2) is 53.4 Å². The van der Waals surface area contributed by atoms with Gasteiger partial charge in [-0.15, -0.1) is 0 Å². The van der Waals surface area contributed by atoms with Crippen molar-refractivity contribution in [1.29, 1.82) is 0 Å². The highest BCUT2D eigenvalue weighted by Crippen LogP contribution is 2.56. The Morgan fingerprint density at radius 1 is 1.13 bits per heavy atom. The van der Waals surface area contributed by atoms with Crippen LogP contribution < -0.4 is 15.0 Å². The first kappa shape index (κ1) is 20.0. The number of carbonyl (C=O) groups excluding carboxylic acids is 4. The Morgan fingerprint density at radius 2 is 1.87 bits per heavy atom. The van der Waals surface area contributed by atoms with Crippen LogP contribution in [0.2, 0.25) is 0 Å². The summed E-state index contributed by atoms with van der Waals surface area (Å²) in [6.45, 7) is -0.624. The highest BCUT2D eigenvalue weighted by atomic mass is 32.2. The van der Waals surface area contributed by atoms with Gasteiger partial charge in [0.05, 0.1) is 12.8 Å². The number of hydrogen-bond acceptors (Lipinski definition) is 7. The molecule has 154 valence electrons. The van der Waals surface area contributed by atoms with Gasteiger partial charge in [0.2, 0.25) is 5.91 Å². The number of benzene rings is 2. The van der Waals surface area contributed by atoms with Gasteiger partial charge in [0.15, 0.2) is 11.5 Å². The molecule has 0 bridgehead atoms. The van der Waals surface area contributed by atoms with Gasteiger partial charge in [-0.1, -0.05) is 23.9 Å². The Balaban J connectivity index is 1.39. The van der Waals surface area contributed by atoms with Crippen molar-refractivity contribution < 1.29 is 28.7 Å². The van der Waals surface area contributed by atoms with E-state index in [1.54, 1.807) is 24.3 Å². The first-order valence-corrected chi connectivity index (χ1v) is 10.0. The Labute approximate surface area is 176 Å². The van der Waals surface area contributed by atoms with Crippen LogP contribution in [0.25, 0.3) is 0 Å². The van der Waals surface area contributed by atoms with E-state index in [1.807, 2.05) is 12.1 Å². The zero-order chi connectivity index (χ0) is 21.3. The molecule has 1 saturated heterocycles. The van der Waals surface area contributed by atoms with Crippen molar-refractivity contribution in [3.8, 4) is 5.75 Å². The summed E-state index contributed by atoms with van der Waals surface area (Å²) >= 11 is 1.25. The molecule has 1 fully saturated rings. The van der Waals surface area contributed by atoms with Crippen molar-refractivity contribution in [2.24, 2.45) is 0 Å². The number of para-hydroxylation sites is 1.